The first-order valence-corrected chi connectivity index (χ1v) is 14.7. The van der Waals surface area contributed by atoms with E-state index in [1.54, 1.807) is 18.6 Å². The molecule has 8 heteroatoms. The molecule has 0 aliphatic heterocycles. The Labute approximate surface area is 225 Å². The zero-order chi connectivity index (χ0) is 24.2. The van der Waals surface area contributed by atoms with Crippen LogP contribution in [0.2, 0.25) is 10.0 Å². The molecule has 0 saturated carbocycles. The molecule has 2 aromatic heterocycles. The second-order valence-electron chi connectivity index (χ2n) is 7.46. The summed E-state index contributed by atoms with van der Waals surface area (Å²) in [6.07, 6.45) is 5.33. The minimum absolute atomic E-state index is 0.132. The minimum atomic E-state index is -0.165. The number of fused-ring (bicyclic) bond motifs is 1. The van der Waals surface area contributed by atoms with Gasteiger partial charge in [0.15, 0.2) is 0 Å². The molecule has 5 rings (SSSR count). The van der Waals surface area contributed by atoms with Crippen LogP contribution >= 0.6 is 23.2 Å². The van der Waals surface area contributed by atoms with Crippen LogP contribution in [0.25, 0.3) is 10.9 Å². The van der Waals surface area contributed by atoms with Gasteiger partial charge >= 0.3 is 227 Å². The number of para-hydroxylation sites is 1. The zero-order valence-electron chi connectivity index (χ0n) is 18.1. The molecule has 0 radical (unpaired) electrons. The van der Waals surface area contributed by atoms with E-state index in [4.69, 9.17) is 23.2 Å². The van der Waals surface area contributed by atoms with Crippen LogP contribution in [0, 0.1) is 0 Å². The summed E-state index contributed by atoms with van der Waals surface area (Å²) < 4.78 is 4.05. The number of amides is 1. The molecule has 0 atom stereocenters. The van der Waals surface area contributed by atoms with Gasteiger partial charge in [-0.1, -0.05) is 0 Å². The van der Waals surface area contributed by atoms with Gasteiger partial charge in [-0.05, 0) is 0 Å². The fraction of sp³-hybridized carbons (Fsp3) is 0. The first kappa shape index (κ1) is 24.0. The molecule has 35 heavy (non-hydrogen) atoms. The molecule has 0 saturated heterocycles. The first-order chi connectivity index (χ1) is 17.1. The Hall–Kier alpha value is -2.69. The van der Waals surface area contributed by atoms with Gasteiger partial charge in [-0.2, -0.15) is 0 Å². The van der Waals surface area contributed by atoms with Gasteiger partial charge in [-0.3, -0.25) is 0 Å². The molecular weight excluding hydrogens is 611 g/mol. The average molecular weight is 628 g/mol. The van der Waals surface area contributed by atoms with Crippen LogP contribution < -0.4 is 23.2 Å². The summed E-state index contributed by atoms with van der Waals surface area (Å²) in [5.74, 6) is -0.165. The number of hydrogen-bond acceptors (Lipinski definition) is 3. The number of halogens is 2. The van der Waals surface area contributed by atoms with Gasteiger partial charge in [0.05, 0.1) is 0 Å². The molecule has 1 amide bonds. The van der Waals surface area contributed by atoms with Crippen LogP contribution in [-0.2, 0) is 0 Å². The Morgan fingerprint density at radius 1 is 0.743 bits per heavy atom. The summed E-state index contributed by atoms with van der Waals surface area (Å²) in [5, 5.41) is 5.46. The molecule has 3 aromatic carbocycles. The van der Waals surface area contributed by atoms with Gasteiger partial charge < -0.3 is 0 Å². The normalized spacial score (nSPS) is 10.9. The fourth-order valence-corrected chi connectivity index (χ4v) is 7.99. The van der Waals surface area contributed by atoms with E-state index < -0.39 is 0 Å². The Bertz CT molecular complexity index is 1440. The van der Waals surface area contributed by atoms with Crippen molar-refractivity contribution in [2.45, 2.75) is 0 Å². The SMILES string of the molecule is O=C(Nc1cccc2cccnc12)c1c([Se]c2ccc(Cl)cc2)cncc1[Se]c1ccc(Cl)cc1. The topological polar surface area (TPSA) is 54.9 Å². The number of anilines is 1. The molecule has 2 heterocycles. The van der Waals surface area contributed by atoms with Crippen LogP contribution in [0.5, 0.6) is 0 Å². The van der Waals surface area contributed by atoms with Crippen molar-refractivity contribution in [1.82, 2.24) is 9.97 Å². The maximum absolute atomic E-state index is 13.8. The van der Waals surface area contributed by atoms with Crippen LogP contribution in [0.15, 0.2) is 97.5 Å². The van der Waals surface area contributed by atoms with E-state index in [0.717, 1.165) is 28.8 Å². The van der Waals surface area contributed by atoms with Crippen molar-refractivity contribution in [3.8, 4) is 0 Å². The summed E-state index contributed by atoms with van der Waals surface area (Å²) in [6, 6.07) is 25.1. The number of benzene rings is 3. The van der Waals surface area contributed by atoms with Crippen LogP contribution in [0.1, 0.15) is 10.4 Å². The molecule has 0 spiro atoms. The van der Waals surface area contributed by atoms with Gasteiger partial charge in [0.1, 0.15) is 0 Å². The van der Waals surface area contributed by atoms with Crippen molar-refractivity contribution in [3.05, 3.63) is 113 Å². The Morgan fingerprint density at radius 2 is 1.31 bits per heavy atom. The fourth-order valence-electron chi connectivity index (χ4n) is 3.45. The van der Waals surface area contributed by atoms with E-state index in [-0.39, 0.29) is 35.8 Å². The molecule has 0 unspecified atom stereocenters. The van der Waals surface area contributed by atoms with Crippen LogP contribution in [0.4, 0.5) is 5.69 Å². The molecule has 0 aliphatic rings. The maximum atomic E-state index is 13.8. The standard InChI is InChI=1S/C27H17Cl2N3OSe2/c28-18-6-10-20(11-7-18)34-23-15-30-16-24(35-21-12-8-19(29)9-13-21)25(23)27(33)32-22-5-1-3-17-4-2-14-31-26(17)22/h1-16H,(H,32,33). The number of rotatable bonds is 6. The molecule has 5 aromatic rings. The Morgan fingerprint density at radius 3 is 1.91 bits per heavy atom. The molecule has 0 fully saturated rings. The summed E-state index contributed by atoms with van der Waals surface area (Å²) in [5.41, 5.74) is 2.10. The van der Waals surface area contributed by atoms with Crippen molar-refractivity contribution >= 4 is 93.5 Å². The number of nitrogens with zero attached hydrogens (tertiary/aromatic N) is 2. The number of nitrogens with one attached hydrogen (secondary N) is 1. The summed E-state index contributed by atoms with van der Waals surface area (Å²) in [6.45, 7) is 0. The number of pyridine rings is 2. The first-order valence-electron chi connectivity index (χ1n) is 10.6. The van der Waals surface area contributed by atoms with Crippen LogP contribution in [-0.4, -0.2) is 45.8 Å². The van der Waals surface area contributed by atoms with E-state index in [1.807, 2.05) is 78.9 Å². The van der Waals surface area contributed by atoms with Gasteiger partial charge in [-0.25, -0.2) is 0 Å². The molecular formula is C27H17Cl2N3OSe2. The van der Waals surface area contributed by atoms with E-state index >= 15 is 0 Å². The Balaban J connectivity index is 1.55. The third kappa shape index (κ3) is 5.76. The second kappa shape index (κ2) is 10.9. The van der Waals surface area contributed by atoms with E-state index in [1.165, 1.54) is 0 Å². The van der Waals surface area contributed by atoms with Crippen molar-refractivity contribution < 1.29 is 4.79 Å². The number of hydrogen-bond donors (Lipinski definition) is 1. The summed E-state index contributed by atoms with van der Waals surface area (Å²) >= 11 is 11.9. The Kier molecular flexibility index (Phi) is 7.50. The van der Waals surface area contributed by atoms with Gasteiger partial charge in [0, 0.05) is 0 Å². The van der Waals surface area contributed by atoms with Gasteiger partial charge in [-0.15, -0.1) is 0 Å². The van der Waals surface area contributed by atoms with Crippen molar-refractivity contribution in [3.63, 3.8) is 0 Å². The van der Waals surface area contributed by atoms with E-state index in [0.29, 0.717) is 21.3 Å². The molecule has 1 N–H and O–H groups in total. The number of carbonyl (C=O) groups is 1. The van der Waals surface area contributed by atoms with Crippen molar-refractivity contribution in [2.24, 2.45) is 0 Å². The molecule has 0 bridgehead atoms. The predicted octanol–water partition coefficient (Wildman–Crippen LogP) is 3.50. The monoisotopic (exact) mass is 629 g/mol. The zero-order valence-corrected chi connectivity index (χ0v) is 23.1. The second-order valence-corrected chi connectivity index (χ2v) is 13.0. The number of carbonyl (C=O) groups excluding carboxylic acids is 1. The number of aromatic nitrogens is 2. The third-order valence-corrected chi connectivity index (χ3v) is 9.92. The summed E-state index contributed by atoms with van der Waals surface area (Å²) in [4.78, 5) is 22.8. The van der Waals surface area contributed by atoms with Gasteiger partial charge in [0.25, 0.3) is 0 Å². The quantitative estimate of drug-likeness (QED) is 0.293. The predicted molar refractivity (Wildman–Crippen MR) is 147 cm³/mol. The third-order valence-electron chi connectivity index (χ3n) is 5.07. The van der Waals surface area contributed by atoms with Crippen molar-refractivity contribution in [1.29, 1.82) is 0 Å². The summed E-state index contributed by atoms with van der Waals surface area (Å²) in [7, 11) is 0. The molecule has 0 aliphatic carbocycles. The molecule has 4 nitrogen and oxygen atoms in total. The van der Waals surface area contributed by atoms with E-state index in [2.05, 4.69) is 15.3 Å². The van der Waals surface area contributed by atoms with E-state index in [9.17, 15) is 4.79 Å². The van der Waals surface area contributed by atoms with Crippen LogP contribution in [0.3, 0.4) is 0 Å². The molecule has 172 valence electrons. The van der Waals surface area contributed by atoms with Crippen molar-refractivity contribution in [2.75, 3.05) is 5.32 Å². The van der Waals surface area contributed by atoms with Gasteiger partial charge in [0.2, 0.25) is 0 Å². The average Bonchev–Trinajstić information content (AvgIpc) is 2.87.